The average molecular weight is 320 g/mol. The van der Waals surface area contributed by atoms with E-state index in [9.17, 15) is 5.11 Å². The van der Waals surface area contributed by atoms with Gasteiger partial charge in [0.05, 0.1) is 0 Å². The molecule has 0 aliphatic carbocycles. The maximum absolute atomic E-state index is 10.4. The molecule has 3 rings (SSSR count). The Bertz CT molecular complexity index is 632. The molecule has 22 heavy (non-hydrogen) atoms. The van der Waals surface area contributed by atoms with Crippen molar-refractivity contribution in [1.29, 1.82) is 0 Å². The van der Waals surface area contributed by atoms with Crippen LogP contribution < -0.4 is 15.8 Å². The van der Waals surface area contributed by atoms with Gasteiger partial charge in [0.2, 0.25) is 0 Å². The van der Waals surface area contributed by atoms with Gasteiger partial charge in [0.25, 0.3) is 0 Å². The number of nitrogens with zero attached hydrogens (tertiary/aromatic N) is 3. The Hall–Kier alpha value is -2.15. The van der Waals surface area contributed by atoms with Crippen LogP contribution in [-0.2, 0) is 6.54 Å². The number of hydrogen-bond acceptors (Lipinski definition) is 6. The zero-order chi connectivity index (χ0) is 14.7. The van der Waals surface area contributed by atoms with Gasteiger partial charge in [-0.1, -0.05) is 12.1 Å². The van der Waals surface area contributed by atoms with Crippen molar-refractivity contribution in [3.8, 4) is 0 Å². The molecule has 1 atom stereocenters. The molecule has 3 N–H and O–H groups in total. The summed E-state index contributed by atoms with van der Waals surface area (Å²) in [6.07, 6.45) is 6.20. The fourth-order valence-electron chi connectivity index (χ4n) is 2.25. The second-order valence-electron chi connectivity index (χ2n) is 4.77. The molecule has 1 aliphatic rings. The molecule has 0 spiro atoms. The molecule has 2 aromatic heterocycles. The van der Waals surface area contributed by atoms with Crippen molar-refractivity contribution in [3.05, 3.63) is 60.2 Å². The monoisotopic (exact) mass is 319 g/mol. The van der Waals surface area contributed by atoms with E-state index in [1.807, 2.05) is 31.3 Å². The van der Waals surface area contributed by atoms with Gasteiger partial charge in [-0.05, 0) is 24.7 Å². The number of rotatable bonds is 4. The molecule has 0 aromatic carbocycles. The van der Waals surface area contributed by atoms with Crippen LogP contribution in [0.4, 0.5) is 5.82 Å². The Morgan fingerprint density at radius 2 is 2.18 bits per heavy atom. The largest absolute Gasteiger partial charge is 0.368 e. The minimum absolute atomic E-state index is 0. The van der Waals surface area contributed by atoms with E-state index < -0.39 is 6.23 Å². The maximum atomic E-state index is 10.4. The molecule has 0 saturated heterocycles. The van der Waals surface area contributed by atoms with Crippen molar-refractivity contribution in [2.75, 3.05) is 12.1 Å². The lowest BCUT2D eigenvalue weighted by molar-refractivity contribution is 0.225. The van der Waals surface area contributed by atoms with Crippen LogP contribution in [0.5, 0.6) is 0 Å². The van der Waals surface area contributed by atoms with Gasteiger partial charge in [-0.15, -0.1) is 12.4 Å². The van der Waals surface area contributed by atoms with Gasteiger partial charge in [0, 0.05) is 42.5 Å². The molecular formula is C15H18ClN5O. The molecule has 0 fully saturated rings. The lowest BCUT2D eigenvalue weighted by Gasteiger charge is -2.23. The third kappa shape index (κ3) is 3.19. The molecular weight excluding hydrogens is 302 g/mol. The number of aliphatic hydroxyl groups excluding tert-OH is 1. The number of hydrazine groups is 1. The van der Waals surface area contributed by atoms with Crippen LogP contribution in [0.1, 0.15) is 11.1 Å². The minimum atomic E-state index is -0.795. The van der Waals surface area contributed by atoms with Crippen LogP contribution in [0, 0.1) is 0 Å². The lowest BCUT2D eigenvalue weighted by Crippen LogP contribution is -2.38. The fraction of sp³-hybridized carbons (Fsp3) is 0.200. The predicted octanol–water partition coefficient (Wildman–Crippen LogP) is 1.30. The first-order chi connectivity index (χ1) is 10.3. The zero-order valence-corrected chi connectivity index (χ0v) is 12.9. The first kappa shape index (κ1) is 16.2. The quantitative estimate of drug-likeness (QED) is 0.789. The minimum Gasteiger partial charge on any atom is -0.368 e. The van der Waals surface area contributed by atoms with Crippen LogP contribution in [0.3, 0.4) is 0 Å². The van der Waals surface area contributed by atoms with Crippen molar-refractivity contribution < 1.29 is 5.11 Å². The number of aromatic nitrogens is 2. The van der Waals surface area contributed by atoms with Gasteiger partial charge in [-0.2, -0.15) is 0 Å². The Balaban J connectivity index is 0.00000176. The maximum Gasteiger partial charge on any atom is 0.175 e. The van der Waals surface area contributed by atoms with E-state index in [4.69, 9.17) is 0 Å². The van der Waals surface area contributed by atoms with Crippen molar-refractivity contribution in [3.63, 3.8) is 0 Å². The van der Waals surface area contributed by atoms with E-state index in [1.165, 1.54) is 0 Å². The van der Waals surface area contributed by atoms with E-state index in [2.05, 4.69) is 20.7 Å². The summed E-state index contributed by atoms with van der Waals surface area (Å²) in [5.41, 5.74) is 5.78. The smallest absolute Gasteiger partial charge is 0.175 e. The van der Waals surface area contributed by atoms with Gasteiger partial charge in [0.15, 0.2) is 6.23 Å². The Kier molecular flexibility index (Phi) is 5.32. The number of hydrogen-bond donors (Lipinski definition) is 3. The molecule has 6 nitrogen and oxygen atoms in total. The summed E-state index contributed by atoms with van der Waals surface area (Å²) in [5.74, 6) is 0.664. The zero-order valence-electron chi connectivity index (χ0n) is 12.1. The lowest BCUT2D eigenvalue weighted by atomic mass is 10.1. The van der Waals surface area contributed by atoms with Crippen LogP contribution in [0.2, 0.25) is 0 Å². The van der Waals surface area contributed by atoms with Gasteiger partial charge in [0.1, 0.15) is 5.82 Å². The normalized spacial score (nSPS) is 16.7. The van der Waals surface area contributed by atoms with Crippen molar-refractivity contribution in [2.45, 2.75) is 12.8 Å². The van der Waals surface area contributed by atoms with Crippen molar-refractivity contribution in [1.82, 2.24) is 20.7 Å². The third-order valence-corrected chi connectivity index (χ3v) is 3.31. The van der Waals surface area contributed by atoms with E-state index in [0.717, 1.165) is 23.2 Å². The van der Waals surface area contributed by atoms with Crippen molar-refractivity contribution in [2.24, 2.45) is 0 Å². The molecule has 2 aromatic rings. The summed E-state index contributed by atoms with van der Waals surface area (Å²) in [6, 6.07) is 7.62. The van der Waals surface area contributed by atoms with Crippen LogP contribution in [0.25, 0.3) is 5.57 Å². The topological polar surface area (TPSA) is 73.3 Å². The highest BCUT2D eigenvalue weighted by Gasteiger charge is 2.27. The molecule has 1 unspecified atom stereocenters. The fourth-order valence-corrected chi connectivity index (χ4v) is 2.25. The highest BCUT2D eigenvalue weighted by Crippen LogP contribution is 2.26. The SMILES string of the molecule is CNCc1ccc(N2NC=C(c3cccnc3)C2O)nc1.Cl. The standard InChI is InChI=1S/C15H17N5O.ClH/c1-16-7-11-4-5-14(18-8-11)20-15(21)13(10-19-20)12-3-2-6-17-9-12;/h2-6,8-10,15-16,19,21H,7H2,1H3;1H. The first-order valence-corrected chi connectivity index (χ1v) is 6.73. The summed E-state index contributed by atoms with van der Waals surface area (Å²) >= 11 is 0. The highest BCUT2D eigenvalue weighted by molar-refractivity contribution is 5.85. The number of nitrogens with one attached hydrogen (secondary N) is 2. The third-order valence-electron chi connectivity index (χ3n) is 3.31. The van der Waals surface area contributed by atoms with Gasteiger partial charge < -0.3 is 15.8 Å². The van der Waals surface area contributed by atoms with E-state index in [1.54, 1.807) is 29.8 Å². The van der Waals surface area contributed by atoms with Crippen molar-refractivity contribution >= 4 is 23.8 Å². The molecule has 7 heteroatoms. The second-order valence-corrected chi connectivity index (χ2v) is 4.77. The highest BCUT2D eigenvalue weighted by atomic mass is 35.5. The van der Waals surface area contributed by atoms with Gasteiger partial charge in [-0.3, -0.25) is 4.98 Å². The average Bonchev–Trinajstić information content (AvgIpc) is 2.91. The number of pyridine rings is 2. The van der Waals surface area contributed by atoms with E-state index >= 15 is 0 Å². The Labute approximate surface area is 135 Å². The second kappa shape index (κ2) is 7.22. The van der Waals surface area contributed by atoms with E-state index in [0.29, 0.717) is 5.82 Å². The summed E-state index contributed by atoms with van der Waals surface area (Å²) < 4.78 is 0. The first-order valence-electron chi connectivity index (χ1n) is 6.73. The molecule has 0 saturated carbocycles. The van der Waals surface area contributed by atoms with Gasteiger partial charge in [-0.25, -0.2) is 9.99 Å². The molecule has 116 valence electrons. The number of anilines is 1. The molecule has 1 aliphatic heterocycles. The Morgan fingerprint density at radius 3 is 2.82 bits per heavy atom. The number of halogens is 1. The summed E-state index contributed by atoms with van der Waals surface area (Å²) in [5, 5.41) is 15.1. The molecule has 0 amide bonds. The van der Waals surface area contributed by atoms with Crippen LogP contribution in [-0.4, -0.2) is 28.4 Å². The van der Waals surface area contributed by atoms with Crippen LogP contribution in [0.15, 0.2) is 49.1 Å². The number of aliphatic hydroxyl groups is 1. The summed E-state index contributed by atoms with van der Waals surface area (Å²) in [7, 11) is 1.89. The molecule has 3 heterocycles. The van der Waals surface area contributed by atoms with Gasteiger partial charge >= 0.3 is 0 Å². The summed E-state index contributed by atoms with van der Waals surface area (Å²) in [6.45, 7) is 0.766. The predicted molar refractivity (Wildman–Crippen MR) is 88.1 cm³/mol. The van der Waals surface area contributed by atoms with E-state index in [-0.39, 0.29) is 12.4 Å². The Morgan fingerprint density at radius 1 is 1.32 bits per heavy atom. The summed E-state index contributed by atoms with van der Waals surface area (Å²) in [4.78, 5) is 8.45. The molecule has 0 bridgehead atoms. The van der Waals surface area contributed by atoms with Crippen LogP contribution >= 0.6 is 12.4 Å². The molecule has 0 radical (unpaired) electrons.